The van der Waals surface area contributed by atoms with Crippen molar-refractivity contribution < 1.29 is 4.43 Å². The van der Waals surface area contributed by atoms with Crippen LogP contribution in [-0.4, -0.2) is 29.1 Å². The predicted molar refractivity (Wildman–Crippen MR) is 104 cm³/mol. The Kier molecular flexibility index (Phi) is 4.05. The van der Waals surface area contributed by atoms with E-state index in [0.717, 1.165) is 6.61 Å². The highest BCUT2D eigenvalue weighted by Crippen LogP contribution is 2.36. The van der Waals surface area contributed by atoms with Gasteiger partial charge in [0.1, 0.15) is 0 Å². The molecule has 1 nitrogen and oxygen atoms in total. The minimum absolute atomic E-state index is 0.950. The van der Waals surface area contributed by atoms with Crippen molar-refractivity contribution >= 4 is 32.9 Å². The lowest BCUT2D eigenvalue weighted by Crippen LogP contribution is -2.86. The molecule has 0 radical (unpaired) electrons. The Hall–Kier alpha value is -0.949. The van der Waals surface area contributed by atoms with Crippen molar-refractivity contribution in [1.82, 2.24) is 0 Å². The summed E-state index contributed by atoms with van der Waals surface area (Å²) in [6.45, 7) is 11.4. The van der Waals surface area contributed by atoms with E-state index in [1.165, 1.54) is 16.4 Å². The van der Waals surface area contributed by atoms with Gasteiger partial charge in [0.15, 0.2) is 0 Å². The van der Waals surface area contributed by atoms with E-state index in [0.29, 0.717) is 0 Å². The molecule has 0 aromatic heterocycles. The molecule has 0 aliphatic carbocycles. The van der Waals surface area contributed by atoms with Crippen LogP contribution in [0.5, 0.6) is 0 Å². The zero-order chi connectivity index (χ0) is 15.8. The van der Waals surface area contributed by atoms with E-state index in [4.69, 9.17) is 4.43 Å². The van der Waals surface area contributed by atoms with Crippen LogP contribution >= 0.6 is 0 Å². The minimum Gasteiger partial charge on any atom is -0.411 e. The van der Waals surface area contributed by atoms with Gasteiger partial charge in [-0.1, -0.05) is 86.9 Å². The van der Waals surface area contributed by atoms with E-state index in [-0.39, 0.29) is 0 Å². The summed E-state index contributed by atoms with van der Waals surface area (Å²) >= 11 is 0. The Labute approximate surface area is 137 Å². The average Bonchev–Trinajstić information content (AvgIpc) is 2.52. The van der Waals surface area contributed by atoms with E-state index >= 15 is 0 Å². The van der Waals surface area contributed by atoms with Crippen LogP contribution in [0.15, 0.2) is 60.7 Å². The molecular weight excluding hydrogens is 316 g/mol. The first-order valence-corrected chi connectivity index (χ1v) is 18.3. The van der Waals surface area contributed by atoms with Crippen molar-refractivity contribution in [2.45, 2.75) is 32.2 Å². The highest BCUT2D eigenvalue weighted by atomic mass is 29.6. The van der Waals surface area contributed by atoms with Crippen LogP contribution in [0.25, 0.3) is 0 Å². The lowest BCUT2D eigenvalue weighted by atomic mass is 10.4. The highest BCUT2D eigenvalue weighted by molar-refractivity contribution is 7.72. The summed E-state index contributed by atoms with van der Waals surface area (Å²) in [4.78, 5) is 0. The van der Waals surface area contributed by atoms with E-state index in [9.17, 15) is 0 Å². The first kappa shape index (κ1) is 15.9. The molecular formula is C18H26OSi3. The first-order chi connectivity index (χ1) is 10.4. The second-order valence-corrected chi connectivity index (χ2v) is 33.0. The second-order valence-electron chi connectivity index (χ2n) is 7.52. The molecule has 1 aliphatic rings. The molecule has 0 unspecified atom stereocenters. The summed E-state index contributed by atoms with van der Waals surface area (Å²) in [5, 5.41) is 2.97. The molecule has 1 aliphatic heterocycles. The molecule has 0 spiro atoms. The Morgan fingerprint density at radius 2 is 1.18 bits per heavy atom. The Bertz CT molecular complexity index is 598. The molecule has 0 atom stereocenters. The van der Waals surface area contributed by atoms with Crippen molar-refractivity contribution in [1.29, 1.82) is 0 Å². The van der Waals surface area contributed by atoms with Crippen molar-refractivity contribution in [3.05, 3.63) is 60.7 Å². The third kappa shape index (κ3) is 2.21. The van der Waals surface area contributed by atoms with Gasteiger partial charge in [-0.3, -0.25) is 0 Å². The van der Waals surface area contributed by atoms with Crippen molar-refractivity contribution in [3.8, 4) is 0 Å². The van der Waals surface area contributed by atoms with Crippen LogP contribution in [0.3, 0.4) is 0 Å². The Morgan fingerprint density at radius 1 is 0.727 bits per heavy atom. The van der Waals surface area contributed by atoms with E-state index in [1.807, 2.05) is 0 Å². The quantitative estimate of drug-likeness (QED) is 0.761. The fourth-order valence-electron chi connectivity index (χ4n) is 3.83. The summed E-state index contributed by atoms with van der Waals surface area (Å²) in [5.41, 5.74) is 0. The van der Waals surface area contributed by atoms with Crippen molar-refractivity contribution in [2.75, 3.05) is 6.61 Å². The third-order valence-corrected chi connectivity index (χ3v) is 43.1. The topological polar surface area (TPSA) is 9.23 Å². The molecule has 0 saturated carbocycles. The van der Waals surface area contributed by atoms with Gasteiger partial charge in [-0.05, 0) is 16.4 Å². The first-order valence-electron chi connectivity index (χ1n) is 8.17. The number of hydrogen-bond acceptors (Lipinski definition) is 1. The number of hydrogen-bond donors (Lipinski definition) is 0. The van der Waals surface area contributed by atoms with Gasteiger partial charge in [-0.2, -0.15) is 0 Å². The maximum absolute atomic E-state index is 6.82. The summed E-state index contributed by atoms with van der Waals surface area (Å²) in [6.07, 6.45) is 0. The minimum atomic E-state index is -2.10. The second kappa shape index (κ2) is 5.60. The van der Waals surface area contributed by atoms with Crippen molar-refractivity contribution in [3.63, 3.8) is 0 Å². The SMILES string of the molecule is C[Si]1(C)CCO[Si](c2ccccc2)(c2ccccc2)[Si]1(C)C. The molecule has 22 heavy (non-hydrogen) atoms. The average molecular weight is 343 g/mol. The van der Waals surface area contributed by atoms with Gasteiger partial charge in [0.05, 0.1) is 7.11 Å². The zero-order valence-corrected chi connectivity index (χ0v) is 17.1. The van der Waals surface area contributed by atoms with Crippen LogP contribution in [0.4, 0.5) is 0 Å². The normalized spacial score (nSPS) is 22.2. The van der Waals surface area contributed by atoms with Crippen LogP contribution in [0, 0.1) is 0 Å². The zero-order valence-electron chi connectivity index (χ0n) is 14.1. The molecule has 1 saturated heterocycles. The van der Waals surface area contributed by atoms with Gasteiger partial charge in [-0.25, -0.2) is 0 Å². The molecule has 0 bridgehead atoms. The molecule has 1 fully saturated rings. The van der Waals surface area contributed by atoms with Crippen molar-refractivity contribution in [2.24, 2.45) is 0 Å². The molecule has 0 N–H and O–H groups in total. The van der Waals surface area contributed by atoms with Crippen LogP contribution in [-0.2, 0) is 4.43 Å². The van der Waals surface area contributed by atoms with E-state index in [2.05, 4.69) is 86.9 Å². The van der Waals surface area contributed by atoms with Gasteiger partial charge < -0.3 is 4.43 Å². The van der Waals surface area contributed by atoms with Crippen LogP contribution < -0.4 is 10.4 Å². The summed E-state index contributed by atoms with van der Waals surface area (Å²) in [6, 6.07) is 23.6. The number of benzene rings is 2. The molecule has 116 valence electrons. The molecule has 4 heteroatoms. The maximum atomic E-state index is 6.82. The molecule has 1 heterocycles. The molecule has 3 rings (SSSR count). The Morgan fingerprint density at radius 3 is 1.64 bits per heavy atom. The number of rotatable bonds is 2. The lowest BCUT2D eigenvalue weighted by Gasteiger charge is -2.55. The van der Waals surface area contributed by atoms with Gasteiger partial charge in [0.25, 0.3) is 0 Å². The molecule has 2 aromatic carbocycles. The highest BCUT2D eigenvalue weighted by Gasteiger charge is 2.63. The molecule has 2 aromatic rings. The summed E-state index contributed by atoms with van der Waals surface area (Å²) in [7, 11) is -4.86. The van der Waals surface area contributed by atoms with Gasteiger partial charge >= 0.3 is 0 Å². The fourth-order valence-corrected chi connectivity index (χ4v) is 35.1. The fraction of sp³-hybridized carbons (Fsp3) is 0.333. The van der Waals surface area contributed by atoms with E-state index < -0.39 is 22.5 Å². The summed E-state index contributed by atoms with van der Waals surface area (Å²) < 4.78 is 6.82. The Balaban J connectivity index is 2.29. The monoisotopic (exact) mass is 342 g/mol. The predicted octanol–water partition coefficient (Wildman–Crippen LogP) is 3.35. The van der Waals surface area contributed by atoms with Crippen LogP contribution in [0.2, 0.25) is 32.2 Å². The van der Waals surface area contributed by atoms with E-state index in [1.54, 1.807) is 0 Å². The smallest absolute Gasteiger partial charge is 0.237 e. The molecule has 0 amide bonds. The third-order valence-electron chi connectivity index (χ3n) is 5.98. The van der Waals surface area contributed by atoms with Gasteiger partial charge in [0, 0.05) is 14.2 Å². The van der Waals surface area contributed by atoms with Gasteiger partial charge in [-0.15, -0.1) is 0 Å². The van der Waals surface area contributed by atoms with Gasteiger partial charge in [0.2, 0.25) is 7.83 Å². The van der Waals surface area contributed by atoms with Crippen LogP contribution in [0.1, 0.15) is 0 Å². The standard InChI is InChI=1S/C18H26OSi3/c1-20(2)16-15-19-22(21(20,3)4,17-11-7-5-8-12-17)18-13-9-6-10-14-18/h5-14H,15-16H2,1-4H3. The lowest BCUT2D eigenvalue weighted by molar-refractivity contribution is 0.344. The largest absolute Gasteiger partial charge is 0.411 e. The maximum Gasteiger partial charge on any atom is 0.237 e. The summed E-state index contributed by atoms with van der Waals surface area (Å²) in [5.74, 6) is 0.